The van der Waals surface area contributed by atoms with Gasteiger partial charge in [-0.1, -0.05) is 31.4 Å². The number of sulfonamides is 1. The quantitative estimate of drug-likeness (QED) is 0.402. The number of hydrogen-bond acceptors (Lipinski definition) is 4. The Morgan fingerprint density at radius 1 is 1.21 bits per heavy atom. The van der Waals surface area contributed by atoms with E-state index in [9.17, 15) is 18.3 Å². The Kier molecular flexibility index (Phi) is 8.26. The van der Waals surface area contributed by atoms with E-state index < -0.39 is 22.0 Å². The highest BCUT2D eigenvalue weighted by atomic mass is 35.5. The van der Waals surface area contributed by atoms with E-state index in [0.717, 1.165) is 17.4 Å². The number of nitrogens with zero attached hydrogens (tertiary/aromatic N) is 1. The lowest BCUT2D eigenvalue weighted by Gasteiger charge is -2.15. The Balaban J connectivity index is 1.85. The van der Waals surface area contributed by atoms with Gasteiger partial charge < -0.3 is 14.4 Å². The van der Waals surface area contributed by atoms with Gasteiger partial charge in [0.2, 0.25) is 10.0 Å². The minimum Gasteiger partial charge on any atom is -0.481 e. The van der Waals surface area contributed by atoms with E-state index in [0.29, 0.717) is 22.3 Å². The molecule has 2 aromatic carbocycles. The maximum Gasteiger partial charge on any atom is 0.322 e. The second kappa shape index (κ2) is 11.0. The standard InChI is InChI=1S/C25H27ClN2O5S/c1-4-5-12-33-20-7-9-21(10-8-20)34(31,32)27-23(25(29)30)13-18-16-28(15-17(2)3)24-11-6-19(26)14-22(18)24/h6-11,14,16-17,23,27H,12-13,15H2,1-3H3,(H,29,30). The number of aliphatic carboxylic acids is 1. The summed E-state index contributed by atoms with van der Waals surface area (Å²) in [5.74, 6) is 5.02. The highest BCUT2D eigenvalue weighted by molar-refractivity contribution is 7.89. The molecule has 1 unspecified atom stereocenters. The normalized spacial score (nSPS) is 12.4. The number of fused-ring (bicyclic) bond motifs is 1. The van der Waals surface area contributed by atoms with Crippen molar-refractivity contribution in [2.45, 2.75) is 44.7 Å². The second-order valence-corrected chi connectivity index (χ2v) is 10.4. The molecular formula is C25H27ClN2O5S. The summed E-state index contributed by atoms with van der Waals surface area (Å²) in [6.45, 7) is 6.79. The number of ether oxygens (including phenoxy) is 1. The Bertz CT molecular complexity index is 1340. The smallest absolute Gasteiger partial charge is 0.322 e. The van der Waals surface area contributed by atoms with E-state index in [1.54, 1.807) is 19.1 Å². The molecule has 0 amide bonds. The minimum absolute atomic E-state index is 0.0343. The zero-order chi connectivity index (χ0) is 24.9. The van der Waals surface area contributed by atoms with Crippen molar-refractivity contribution in [1.82, 2.24) is 9.29 Å². The number of aromatic nitrogens is 1. The predicted molar refractivity (Wildman–Crippen MR) is 133 cm³/mol. The Labute approximate surface area is 204 Å². The molecule has 1 atom stereocenters. The second-order valence-electron chi connectivity index (χ2n) is 8.27. The van der Waals surface area contributed by atoms with Crippen LogP contribution in [0.25, 0.3) is 10.9 Å². The summed E-state index contributed by atoms with van der Waals surface area (Å²) in [7, 11) is -4.09. The van der Waals surface area contributed by atoms with Gasteiger partial charge in [0, 0.05) is 35.1 Å². The van der Waals surface area contributed by atoms with Crippen molar-refractivity contribution in [3.63, 3.8) is 0 Å². The van der Waals surface area contributed by atoms with Crippen molar-refractivity contribution in [3.8, 4) is 17.6 Å². The van der Waals surface area contributed by atoms with Crippen LogP contribution in [0.1, 0.15) is 26.3 Å². The molecule has 0 aliphatic rings. The van der Waals surface area contributed by atoms with Gasteiger partial charge in [-0.25, -0.2) is 8.42 Å². The largest absolute Gasteiger partial charge is 0.481 e. The topological polar surface area (TPSA) is 97.6 Å². The lowest BCUT2D eigenvalue weighted by Crippen LogP contribution is -2.42. The van der Waals surface area contributed by atoms with Crippen LogP contribution in [0.2, 0.25) is 5.02 Å². The van der Waals surface area contributed by atoms with Gasteiger partial charge in [-0.3, -0.25) is 4.79 Å². The molecule has 1 aromatic heterocycles. The molecule has 3 aromatic rings. The fourth-order valence-electron chi connectivity index (χ4n) is 3.61. The highest BCUT2D eigenvalue weighted by Gasteiger charge is 2.27. The van der Waals surface area contributed by atoms with Gasteiger partial charge in [0.1, 0.15) is 18.4 Å². The number of rotatable bonds is 10. The number of benzene rings is 2. The third kappa shape index (κ3) is 6.32. The number of halogens is 1. The van der Waals surface area contributed by atoms with Crippen molar-refractivity contribution in [1.29, 1.82) is 0 Å². The third-order valence-electron chi connectivity index (χ3n) is 5.13. The van der Waals surface area contributed by atoms with Gasteiger partial charge in [-0.2, -0.15) is 4.72 Å². The molecule has 0 aliphatic carbocycles. The van der Waals surface area contributed by atoms with Gasteiger partial charge in [-0.05, 0) is 60.9 Å². The molecule has 0 aliphatic heterocycles. The summed E-state index contributed by atoms with van der Waals surface area (Å²) in [6.07, 6.45) is 1.84. The SMILES string of the molecule is CC#CCOc1ccc(S(=O)(=O)NC(Cc2cn(CC(C)C)c3ccc(Cl)cc23)C(=O)O)cc1. The first-order chi connectivity index (χ1) is 16.1. The fourth-order valence-corrected chi connectivity index (χ4v) is 4.97. The lowest BCUT2D eigenvalue weighted by atomic mass is 10.1. The van der Waals surface area contributed by atoms with Crippen LogP contribution in [-0.4, -0.2) is 36.7 Å². The molecule has 7 nitrogen and oxygen atoms in total. The maximum atomic E-state index is 12.9. The van der Waals surface area contributed by atoms with E-state index in [1.807, 2.05) is 16.8 Å². The number of carboxylic acid groups (broad SMARTS) is 1. The Hall–Kier alpha value is -2.99. The predicted octanol–water partition coefficient (Wildman–Crippen LogP) is 4.33. The zero-order valence-electron chi connectivity index (χ0n) is 19.2. The molecule has 34 heavy (non-hydrogen) atoms. The Morgan fingerprint density at radius 3 is 2.53 bits per heavy atom. The van der Waals surface area contributed by atoms with E-state index in [1.165, 1.54) is 24.3 Å². The van der Waals surface area contributed by atoms with Gasteiger partial charge >= 0.3 is 5.97 Å². The third-order valence-corrected chi connectivity index (χ3v) is 6.85. The van der Waals surface area contributed by atoms with E-state index in [-0.39, 0.29) is 17.9 Å². The van der Waals surface area contributed by atoms with Gasteiger partial charge in [0.25, 0.3) is 0 Å². The summed E-state index contributed by atoms with van der Waals surface area (Å²) < 4.78 is 35.6. The van der Waals surface area contributed by atoms with Crippen LogP contribution >= 0.6 is 11.6 Å². The molecule has 0 fully saturated rings. The molecule has 1 heterocycles. The number of carboxylic acids is 1. The fraction of sp³-hybridized carbons (Fsp3) is 0.320. The minimum atomic E-state index is -4.09. The van der Waals surface area contributed by atoms with Crippen LogP contribution in [0.15, 0.2) is 53.6 Å². The highest BCUT2D eigenvalue weighted by Crippen LogP contribution is 2.27. The van der Waals surface area contributed by atoms with Crippen LogP contribution < -0.4 is 9.46 Å². The summed E-state index contributed by atoms with van der Waals surface area (Å²) in [5, 5.41) is 11.1. The molecule has 0 saturated heterocycles. The Morgan fingerprint density at radius 2 is 1.91 bits per heavy atom. The molecule has 180 valence electrons. The lowest BCUT2D eigenvalue weighted by molar-refractivity contribution is -0.138. The molecule has 0 saturated carbocycles. The first-order valence-corrected chi connectivity index (χ1v) is 12.6. The number of nitrogens with one attached hydrogen (secondary N) is 1. The molecule has 0 spiro atoms. The van der Waals surface area contributed by atoms with Crippen molar-refractivity contribution in [3.05, 3.63) is 59.2 Å². The summed E-state index contributed by atoms with van der Waals surface area (Å²) in [6, 6.07) is 9.82. The van der Waals surface area contributed by atoms with Crippen LogP contribution in [0.4, 0.5) is 0 Å². The van der Waals surface area contributed by atoms with Gasteiger partial charge in [0.05, 0.1) is 4.90 Å². The van der Waals surface area contributed by atoms with Gasteiger partial charge in [0.15, 0.2) is 0 Å². The van der Waals surface area contributed by atoms with Crippen LogP contribution in [-0.2, 0) is 27.8 Å². The van der Waals surface area contributed by atoms with Crippen molar-refractivity contribution >= 4 is 38.5 Å². The molecule has 0 bridgehead atoms. The van der Waals surface area contributed by atoms with Crippen LogP contribution in [0.5, 0.6) is 5.75 Å². The van der Waals surface area contributed by atoms with E-state index in [4.69, 9.17) is 16.3 Å². The van der Waals surface area contributed by atoms with Crippen molar-refractivity contribution in [2.75, 3.05) is 6.61 Å². The monoisotopic (exact) mass is 502 g/mol. The van der Waals surface area contributed by atoms with Crippen LogP contribution in [0, 0.1) is 17.8 Å². The maximum absolute atomic E-state index is 12.9. The van der Waals surface area contributed by atoms with E-state index in [2.05, 4.69) is 30.4 Å². The molecule has 2 N–H and O–H groups in total. The first kappa shape index (κ1) is 25.6. The molecule has 3 rings (SSSR count). The molecule has 0 radical (unpaired) electrons. The zero-order valence-corrected chi connectivity index (χ0v) is 20.8. The molecular weight excluding hydrogens is 476 g/mol. The van der Waals surface area contributed by atoms with Crippen LogP contribution in [0.3, 0.4) is 0 Å². The summed E-state index contributed by atoms with van der Waals surface area (Å²) in [4.78, 5) is 12.0. The van der Waals surface area contributed by atoms with Gasteiger partial charge in [-0.15, -0.1) is 5.92 Å². The first-order valence-electron chi connectivity index (χ1n) is 10.8. The van der Waals surface area contributed by atoms with E-state index >= 15 is 0 Å². The average molecular weight is 503 g/mol. The summed E-state index contributed by atoms with van der Waals surface area (Å²) in [5.41, 5.74) is 1.62. The van der Waals surface area contributed by atoms with Crippen molar-refractivity contribution in [2.24, 2.45) is 5.92 Å². The average Bonchev–Trinajstić information content (AvgIpc) is 3.09. The number of carbonyl (C=O) groups is 1. The molecule has 9 heteroatoms. The number of hydrogen-bond donors (Lipinski definition) is 2. The van der Waals surface area contributed by atoms with Crippen molar-refractivity contribution < 1.29 is 23.1 Å². The summed E-state index contributed by atoms with van der Waals surface area (Å²) >= 11 is 6.19.